The number of anilines is 2. The number of aryl methyl sites for hydroxylation is 1. The van der Waals surface area contributed by atoms with Crippen molar-refractivity contribution in [2.75, 3.05) is 10.6 Å². The molecular formula is C22H16F4N4O3. The van der Waals surface area contributed by atoms with E-state index in [2.05, 4.69) is 25.3 Å². The predicted molar refractivity (Wildman–Crippen MR) is 112 cm³/mol. The lowest BCUT2D eigenvalue weighted by molar-refractivity contribution is -0.159. The van der Waals surface area contributed by atoms with Crippen molar-refractivity contribution >= 4 is 11.4 Å². The molecule has 0 spiro atoms. The van der Waals surface area contributed by atoms with Gasteiger partial charge in [0.2, 0.25) is 5.82 Å². The number of hydrogen-bond donors (Lipinski definition) is 2. The molecule has 170 valence electrons. The third-order valence-corrected chi connectivity index (χ3v) is 4.91. The van der Waals surface area contributed by atoms with Crippen molar-refractivity contribution < 1.29 is 22.1 Å². The number of halogens is 4. The summed E-state index contributed by atoms with van der Waals surface area (Å²) >= 11 is 0. The van der Waals surface area contributed by atoms with Crippen LogP contribution in [0.3, 0.4) is 0 Å². The molecule has 33 heavy (non-hydrogen) atoms. The normalized spacial score (nSPS) is 11.7. The Labute approximate surface area is 183 Å². The van der Waals surface area contributed by atoms with Crippen molar-refractivity contribution in [1.29, 1.82) is 0 Å². The van der Waals surface area contributed by atoms with Gasteiger partial charge in [-0.15, -0.1) is 0 Å². The molecule has 7 nitrogen and oxygen atoms in total. The van der Waals surface area contributed by atoms with Crippen molar-refractivity contribution in [1.82, 2.24) is 10.1 Å². The van der Waals surface area contributed by atoms with Crippen LogP contribution < -0.4 is 21.5 Å². The highest BCUT2D eigenvalue weighted by Gasteiger charge is 2.38. The summed E-state index contributed by atoms with van der Waals surface area (Å²) < 4.78 is 56.3. The number of nitrogens with zero attached hydrogens (tertiary/aromatic N) is 2. The van der Waals surface area contributed by atoms with E-state index in [1.807, 2.05) is 31.2 Å². The smallest absolute Gasteiger partial charge is 0.376 e. The molecule has 11 heteroatoms. The van der Waals surface area contributed by atoms with E-state index in [9.17, 15) is 27.2 Å². The quantitative estimate of drug-likeness (QED) is 0.318. The molecule has 2 N–H and O–H groups in total. The number of nitrogens with one attached hydrogen (secondary N) is 2. The Kier molecular flexibility index (Phi) is 5.71. The van der Waals surface area contributed by atoms with Gasteiger partial charge < -0.3 is 15.2 Å². The zero-order valence-corrected chi connectivity index (χ0v) is 17.1. The van der Waals surface area contributed by atoms with Crippen LogP contribution >= 0.6 is 0 Å². The fourth-order valence-electron chi connectivity index (χ4n) is 3.11. The molecule has 0 saturated carbocycles. The molecule has 4 rings (SSSR count). The van der Waals surface area contributed by atoms with Gasteiger partial charge in [-0.25, -0.2) is 4.39 Å². The van der Waals surface area contributed by atoms with Crippen LogP contribution in [0.2, 0.25) is 0 Å². The number of alkyl halides is 3. The Morgan fingerprint density at radius 2 is 1.48 bits per heavy atom. The molecule has 0 aliphatic rings. The molecule has 3 aromatic carbocycles. The van der Waals surface area contributed by atoms with Crippen LogP contribution in [0.1, 0.15) is 22.6 Å². The molecule has 0 radical (unpaired) electrons. The Bertz CT molecular complexity index is 1370. The summed E-state index contributed by atoms with van der Waals surface area (Å²) in [5.41, 5.74) is 1.02. The maximum absolute atomic E-state index is 14.4. The highest BCUT2D eigenvalue weighted by atomic mass is 19.4. The summed E-state index contributed by atoms with van der Waals surface area (Å²) in [4.78, 5) is 27.0. The zero-order valence-electron chi connectivity index (χ0n) is 17.1. The van der Waals surface area contributed by atoms with E-state index in [1.165, 1.54) is 12.1 Å². The molecular weight excluding hydrogens is 444 g/mol. The molecule has 0 amide bonds. The van der Waals surface area contributed by atoms with Gasteiger partial charge in [0.1, 0.15) is 17.2 Å². The minimum Gasteiger partial charge on any atom is -0.376 e. The first-order valence-electron chi connectivity index (χ1n) is 9.70. The van der Waals surface area contributed by atoms with Crippen LogP contribution in [-0.4, -0.2) is 10.1 Å². The third kappa shape index (κ3) is 4.61. The first kappa shape index (κ1) is 22.2. The minimum absolute atomic E-state index is 0.00130. The molecule has 0 aliphatic carbocycles. The highest BCUT2D eigenvalue weighted by Crippen LogP contribution is 2.30. The minimum atomic E-state index is -4.84. The Balaban J connectivity index is 1.43. The maximum atomic E-state index is 14.4. The van der Waals surface area contributed by atoms with E-state index < -0.39 is 34.6 Å². The van der Waals surface area contributed by atoms with E-state index in [-0.39, 0.29) is 23.5 Å². The monoisotopic (exact) mass is 460 g/mol. The topological polar surface area (TPSA) is 97.1 Å². The average molecular weight is 460 g/mol. The Morgan fingerprint density at radius 1 is 0.909 bits per heavy atom. The summed E-state index contributed by atoms with van der Waals surface area (Å²) in [6, 6.07) is 11.3. The summed E-state index contributed by atoms with van der Waals surface area (Å²) in [6.07, 6.45) is -4.84. The van der Waals surface area contributed by atoms with E-state index in [1.54, 1.807) is 0 Å². The molecule has 4 aromatic rings. The Hall–Kier alpha value is -4.02. The third-order valence-electron chi connectivity index (χ3n) is 4.91. The molecule has 1 aromatic heterocycles. The average Bonchev–Trinajstić information content (AvgIpc) is 3.27. The highest BCUT2D eigenvalue weighted by molar-refractivity contribution is 5.74. The van der Waals surface area contributed by atoms with Gasteiger partial charge in [-0.3, -0.25) is 9.59 Å². The van der Waals surface area contributed by atoms with Crippen LogP contribution in [0.5, 0.6) is 0 Å². The summed E-state index contributed by atoms with van der Waals surface area (Å²) in [6.45, 7) is 2.29. The molecule has 0 saturated heterocycles. The molecule has 0 fully saturated rings. The van der Waals surface area contributed by atoms with E-state index >= 15 is 0 Å². The van der Waals surface area contributed by atoms with Crippen molar-refractivity contribution in [3.63, 3.8) is 0 Å². The molecule has 0 unspecified atom stereocenters. The van der Waals surface area contributed by atoms with Crippen molar-refractivity contribution in [3.05, 3.63) is 91.3 Å². The van der Waals surface area contributed by atoms with Crippen molar-refractivity contribution in [2.24, 2.45) is 0 Å². The van der Waals surface area contributed by atoms with Crippen molar-refractivity contribution in [3.8, 4) is 11.4 Å². The maximum Gasteiger partial charge on any atom is 0.471 e. The first-order chi connectivity index (χ1) is 15.6. The first-order valence-corrected chi connectivity index (χ1v) is 9.70. The van der Waals surface area contributed by atoms with Gasteiger partial charge in [0, 0.05) is 13.1 Å². The molecule has 0 bridgehead atoms. The Morgan fingerprint density at radius 3 is 2.03 bits per heavy atom. The molecule has 0 atom stereocenters. The van der Waals surface area contributed by atoms with Gasteiger partial charge in [-0.2, -0.15) is 18.2 Å². The standard InChI is InChI=1S/C22H16F4N4O3/c1-11-2-4-12(5-3-11)9-27-16-17(19(32)18(16)31)28-10-13-6-7-14(15(23)8-13)20-29-21(33-30-20)22(24,25)26/h2-8,27-28H,9-10H2,1H3. The van der Waals surface area contributed by atoms with Crippen LogP contribution in [0, 0.1) is 12.7 Å². The number of aromatic nitrogens is 2. The van der Waals surface area contributed by atoms with Gasteiger partial charge in [0.25, 0.3) is 10.9 Å². The summed E-state index contributed by atoms with van der Waals surface area (Å²) in [5.74, 6) is -2.98. The van der Waals surface area contributed by atoms with E-state index in [0.717, 1.165) is 17.2 Å². The van der Waals surface area contributed by atoms with Gasteiger partial charge >= 0.3 is 12.1 Å². The van der Waals surface area contributed by atoms with Gasteiger partial charge in [0.15, 0.2) is 0 Å². The number of rotatable bonds is 7. The predicted octanol–water partition coefficient (Wildman–Crippen LogP) is 4.02. The lowest BCUT2D eigenvalue weighted by atomic mass is 10.1. The van der Waals surface area contributed by atoms with Crippen LogP contribution in [-0.2, 0) is 19.3 Å². The SMILES string of the molecule is Cc1ccc(CNc2c(NCc3ccc(-c4noc(C(F)(F)F)n4)c(F)c3)c(=O)c2=O)cc1. The van der Waals surface area contributed by atoms with Crippen LogP contribution in [0.15, 0.2) is 56.6 Å². The van der Waals surface area contributed by atoms with E-state index in [0.29, 0.717) is 12.1 Å². The van der Waals surface area contributed by atoms with Gasteiger partial charge in [-0.05, 0) is 30.2 Å². The fourth-order valence-corrected chi connectivity index (χ4v) is 3.11. The van der Waals surface area contributed by atoms with Gasteiger partial charge in [0.05, 0.1) is 5.56 Å². The second-order valence-electron chi connectivity index (χ2n) is 7.34. The lowest BCUT2D eigenvalue weighted by Gasteiger charge is -2.15. The number of hydrogen-bond acceptors (Lipinski definition) is 7. The number of benzene rings is 2. The fraction of sp³-hybridized carbons (Fsp3) is 0.182. The zero-order chi connectivity index (χ0) is 23.8. The summed E-state index contributed by atoms with van der Waals surface area (Å²) in [5, 5.41) is 8.89. The van der Waals surface area contributed by atoms with E-state index in [4.69, 9.17) is 0 Å². The van der Waals surface area contributed by atoms with Gasteiger partial charge in [-0.1, -0.05) is 41.1 Å². The second kappa shape index (κ2) is 8.49. The summed E-state index contributed by atoms with van der Waals surface area (Å²) in [7, 11) is 0. The van der Waals surface area contributed by atoms with Crippen LogP contribution in [0.4, 0.5) is 28.9 Å². The second-order valence-corrected chi connectivity index (χ2v) is 7.34. The molecule has 0 aliphatic heterocycles. The molecule has 1 heterocycles. The lowest BCUT2D eigenvalue weighted by Crippen LogP contribution is -2.37. The largest absolute Gasteiger partial charge is 0.471 e. The van der Waals surface area contributed by atoms with Crippen LogP contribution in [0.25, 0.3) is 11.4 Å². The van der Waals surface area contributed by atoms with Crippen molar-refractivity contribution in [2.45, 2.75) is 26.2 Å².